The maximum Gasteiger partial charge on any atom is 0.252 e. The molecule has 34 heavy (non-hydrogen) atoms. The lowest BCUT2D eigenvalue weighted by Gasteiger charge is -2.40. The molecule has 2 aliphatic rings. The highest BCUT2D eigenvalue weighted by Gasteiger charge is 2.40. The van der Waals surface area contributed by atoms with E-state index in [1.807, 2.05) is 30.3 Å². The van der Waals surface area contributed by atoms with Crippen LogP contribution in [0.2, 0.25) is 0 Å². The summed E-state index contributed by atoms with van der Waals surface area (Å²) in [6, 6.07) is 13.0. The number of carbonyl (C=O) groups is 1. The fourth-order valence-electron chi connectivity index (χ4n) is 4.63. The van der Waals surface area contributed by atoms with Crippen LogP contribution in [0.5, 0.6) is 0 Å². The van der Waals surface area contributed by atoms with Gasteiger partial charge >= 0.3 is 0 Å². The molecular weight excluding hydrogens is 496 g/mol. The molecule has 2 saturated heterocycles. The number of nitrogens with two attached hydrogens (primary N) is 1. The van der Waals surface area contributed by atoms with Crippen LogP contribution >= 0.6 is 11.3 Å². The highest BCUT2D eigenvalue weighted by Crippen LogP contribution is 2.35. The van der Waals surface area contributed by atoms with Gasteiger partial charge < -0.3 is 10.6 Å². The van der Waals surface area contributed by atoms with Gasteiger partial charge in [0.05, 0.1) is 12.2 Å². The van der Waals surface area contributed by atoms with Crippen LogP contribution < -0.4 is 5.73 Å². The van der Waals surface area contributed by atoms with E-state index in [1.54, 1.807) is 17.0 Å². The van der Waals surface area contributed by atoms with Crippen molar-refractivity contribution in [2.45, 2.75) is 23.1 Å². The zero-order chi connectivity index (χ0) is 24.5. The Labute approximate surface area is 205 Å². The van der Waals surface area contributed by atoms with Crippen LogP contribution in [0.3, 0.4) is 0 Å². The monoisotopic (exact) mass is 526 g/mol. The summed E-state index contributed by atoms with van der Waals surface area (Å²) in [5.41, 5.74) is 6.67. The Bertz CT molecular complexity index is 1220. The van der Waals surface area contributed by atoms with E-state index in [1.165, 1.54) is 14.9 Å². The lowest BCUT2D eigenvalue weighted by Crippen LogP contribution is -2.54. The van der Waals surface area contributed by atoms with E-state index in [2.05, 4.69) is 0 Å². The van der Waals surface area contributed by atoms with Crippen LogP contribution in [0.1, 0.15) is 22.8 Å². The molecule has 9 nitrogen and oxygen atoms in total. The lowest BCUT2D eigenvalue weighted by molar-refractivity contribution is -0.138. The van der Waals surface area contributed by atoms with Crippen molar-refractivity contribution in [1.82, 2.24) is 13.5 Å². The molecule has 2 fully saturated rings. The Morgan fingerprint density at radius 2 is 1.65 bits per heavy atom. The quantitative estimate of drug-likeness (QED) is 0.602. The molecule has 0 spiro atoms. The summed E-state index contributed by atoms with van der Waals surface area (Å²) in [5.74, 6) is -0.750. The van der Waals surface area contributed by atoms with Crippen molar-refractivity contribution in [2.75, 3.05) is 45.5 Å². The molecule has 12 heteroatoms. The summed E-state index contributed by atoms with van der Waals surface area (Å²) in [5, 5.41) is 0. The molecule has 0 saturated carbocycles. The molecule has 0 bridgehead atoms. The van der Waals surface area contributed by atoms with Crippen molar-refractivity contribution in [3.63, 3.8) is 0 Å². The second-order valence-electron chi connectivity index (χ2n) is 8.77. The first-order chi connectivity index (χ1) is 16.1. The van der Waals surface area contributed by atoms with Gasteiger partial charge in [-0.3, -0.25) is 4.79 Å². The van der Waals surface area contributed by atoms with Gasteiger partial charge in [0.1, 0.15) is 4.21 Å². The SMILES string of the molecule is CS(=O)(=O)N1CCN(C(=O)C2CC(c3ccccc3)CN(S(=O)(=O)c3ccc(CN)s3)C2)CC1. The third-order valence-electron chi connectivity index (χ3n) is 6.49. The second kappa shape index (κ2) is 10.0. The van der Waals surface area contributed by atoms with Gasteiger partial charge in [0.25, 0.3) is 10.0 Å². The summed E-state index contributed by atoms with van der Waals surface area (Å²) >= 11 is 1.16. The number of benzene rings is 1. The predicted molar refractivity (Wildman–Crippen MR) is 131 cm³/mol. The van der Waals surface area contributed by atoms with Crippen LogP contribution in [-0.4, -0.2) is 81.8 Å². The first-order valence-electron chi connectivity index (χ1n) is 11.2. The number of piperidine rings is 1. The number of nitrogens with zero attached hydrogens (tertiary/aromatic N) is 3. The van der Waals surface area contributed by atoms with E-state index in [4.69, 9.17) is 5.73 Å². The van der Waals surface area contributed by atoms with Gasteiger partial charge in [0.15, 0.2) is 0 Å². The van der Waals surface area contributed by atoms with Gasteiger partial charge in [-0.15, -0.1) is 11.3 Å². The minimum Gasteiger partial charge on any atom is -0.340 e. The Morgan fingerprint density at radius 3 is 2.24 bits per heavy atom. The van der Waals surface area contributed by atoms with Crippen LogP contribution in [-0.2, 0) is 31.4 Å². The molecule has 0 radical (unpaired) electrons. The summed E-state index contributed by atoms with van der Waals surface area (Å²) < 4.78 is 53.6. The first-order valence-corrected chi connectivity index (χ1v) is 15.3. The zero-order valence-corrected chi connectivity index (χ0v) is 21.5. The topological polar surface area (TPSA) is 121 Å². The van der Waals surface area contributed by atoms with Crippen molar-refractivity contribution < 1.29 is 21.6 Å². The maximum atomic E-state index is 13.5. The Balaban J connectivity index is 1.57. The van der Waals surface area contributed by atoms with Gasteiger partial charge in [-0.2, -0.15) is 8.61 Å². The number of hydrogen-bond donors (Lipinski definition) is 1. The second-order valence-corrected chi connectivity index (χ2v) is 14.1. The molecule has 2 aromatic rings. The zero-order valence-electron chi connectivity index (χ0n) is 19.0. The smallest absolute Gasteiger partial charge is 0.252 e. The van der Waals surface area contributed by atoms with Crippen molar-refractivity contribution >= 4 is 37.3 Å². The van der Waals surface area contributed by atoms with Crippen molar-refractivity contribution in [1.29, 1.82) is 0 Å². The molecule has 1 amide bonds. The molecule has 2 atom stereocenters. The normalized spacial score (nSPS) is 23.2. The van der Waals surface area contributed by atoms with E-state index in [9.17, 15) is 21.6 Å². The van der Waals surface area contributed by atoms with Crippen molar-refractivity contribution in [3.05, 3.63) is 52.9 Å². The van der Waals surface area contributed by atoms with E-state index in [0.29, 0.717) is 26.1 Å². The fourth-order valence-corrected chi connectivity index (χ4v) is 8.38. The molecule has 2 N–H and O–H groups in total. The molecule has 1 aromatic carbocycles. The Hall–Kier alpha value is -1.83. The van der Waals surface area contributed by atoms with Crippen LogP contribution in [0.15, 0.2) is 46.7 Å². The molecule has 2 aliphatic heterocycles. The molecule has 1 aromatic heterocycles. The largest absolute Gasteiger partial charge is 0.340 e. The molecule has 4 rings (SSSR count). The number of thiophene rings is 1. The molecule has 3 heterocycles. The van der Waals surface area contributed by atoms with Crippen molar-refractivity contribution in [2.24, 2.45) is 11.7 Å². The van der Waals surface area contributed by atoms with Crippen LogP contribution in [0.25, 0.3) is 0 Å². The Kier molecular flexibility index (Phi) is 7.46. The van der Waals surface area contributed by atoms with Crippen LogP contribution in [0, 0.1) is 5.92 Å². The number of carbonyl (C=O) groups excluding carboxylic acids is 1. The standard InChI is InChI=1S/C22H30N4O5S3/c1-33(28,29)25-11-9-24(10-12-25)22(27)19-13-18(17-5-3-2-4-6-17)15-26(16-19)34(30,31)21-8-7-20(14-23)32-21/h2-8,18-19H,9-16,23H2,1H3. The molecular formula is C22H30N4O5S3. The number of sulfonamides is 2. The summed E-state index contributed by atoms with van der Waals surface area (Å²) in [6.45, 7) is 1.77. The minimum absolute atomic E-state index is 0.104. The van der Waals surface area contributed by atoms with Gasteiger partial charge in [-0.25, -0.2) is 16.8 Å². The summed E-state index contributed by atoms with van der Waals surface area (Å²) in [6.07, 6.45) is 1.71. The molecule has 0 aliphatic carbocycles. The minimum atomic E-state index is -3.78. The van der Waals surface area contributed by atoms with Gasteiger partial charge in [-0.1, -0.05) is 30.3 Å². The maximum absolute atomic E-state index is 13.5. The number of piperazine rings is 1. The summed E-state index contributed by atoms with van der Waals surface area (Å²) in [4.78, 5) is 15.9. The van der Waals surface area contributed by atoms with Crippen LogP contribution in [0.4, 0.5) is 0 Å². The Morgan fingerprint density at radius 1 is 0.971 bits per heavy atom. The van der Waals surface area contributed by atoms with Gasteiger partial charge in [-0.05, 0) is 30.0 Å². The van der Waals surface area contributed by atoms with Gasteiger partial charge in [0.2, 0.25) is 15.9 Å². The third-order valence-corrected chi connectivity index (χ3v) is 11.2. The van der Waals surface area contributed by atoms with Gasteiger partial charge in [0, 0.05) is 50.7 Å². The average Bonchev–Trinajstić information content (AvgIpc) is 3.34. The lowest BCUT2D eigenvalue weighted by atomic mass is 9.85. The predicted octanol–water partition coefficient (Wildman–Crippen LogP) is 1.10. The highest BCUT2D eigenvalue weighted by molar-refractivity contribution is 7.91. The summed E-state index contributed by atoms with van der Waals surface area (Å²) in [7, 11) is -7.08. The first kappa shape index (κ1) is 25.3. The molecule has 186 valence electrons. The van der Waals surface area contributed by atoms with E-state index < -0.39 is 26.0 Å². The van der Waals surface area contributed by atoms with E-state index in [-0.39, 0.29) is 42.2 Å². The third kappa shape index (κ3) is 5.37. The van der Waals surface area contributed by atoms with Crippen molar-refractivity contribution in [3.8, 4) is 0 Å². The number of hydrogen-bond acceptors (Lipinski definition) is 7. The highest BCUT2D eigenvalue weighted by atomic mass is 32.2. The van der Waals surface area contributed by atoms with E-state index in [0.717, 1.165) is 21.8 Å². The number of amides is 1. The van der Waals surface area contributed by atoms with E-state index >= 15 is 0 Å². The molecule has 2 unspecified atom stereocenters. The number of rotatable bonds is 6. The fraction of sp³-hybridized carbons (Fsp3) is 0.500. The average molecular weight is 527 g/mol.